The Bertz CT molecular complexity index is 2130. The van der Waals surface area contributed by atoms with Crippen LogP contribution < -0.4 is 5.46 Å². The van der Waals surface area contributed by atoms with Crippen LogP contribution in [0.3, 0.4) is 0 Å². The Morgan fingerprint density at radius 3 is 1.52 bits per heavy atom. The van der Waals surface area contributed by atoms with Crippen molar-refractivity contribution < 1.29 is 0 Å². The van der Waals surface area contributed by atoms with Gasteiger partial charge in [0, 0.05) is 10.5 Å². The molecule has 0 unspecified atom stereocenters. The third kappa shape index (κ3) is 3.94. The van der Waals surface area contributed by atoms with E-state index in [0.717, 1.165) is 32.6 Å². The molecule has 0 N–H and O–H groups in total. The van der Waals surface area contributed by atoms with Gasteiger partial charge in [0.05, 0.1) is 0 Å². The summed E-state index contributed by atoms with van der Waals surface area (Å²) in [5, 5.41) is 7.27. The van der Waals surface area contributed by atoms with Crippen LogP contribution in [0.15, 0.2) is 127 Å². The summed E-state index contributed by atoms with van der Waals surface area (Å²) in [6.45, 7) is 8.33. The molecule has 0 saturated heterocycles. The van der Waals surface area contributed by atoms with E-state index in [1.165, 1.54) is 60.1 Å². The maximum atomic E-state index is 6.54. The standard InChI is InChI=1S/C40H29BS/c1-4-27-24(2)39(41)25(3)40(42)38(27)37-33-20-12-10-18-31(33)36(32-19-11-13-21-34(32)37)35-23-22-28(26-14-6-5-7-15-26)29-16-8-9-17-30(29)35/h4-23,42H,1H2,2-3H3. The van der Waals surface area contributed by atoms with E-state index >= 15 is 0 Å². The molecule has 0 saturated carbocycles. The maximum Gasteiger partial charge on any atom is 0.114 e. The van der Waals surface area contributed by atoms with E-state index in [2.05, 4.69) is 136 Å². The van der Waals surface area contributed by atoms with Gasteiger partial charge >= 0.3 is 0 Å². The third-order valence-corrected chi connectivity index (χ3v) is 9.30. The molecule has 0 bridgehead atoms. The van der Waals surface area contributed by atoms with E-state index in [1.807, 2.05) is 6.08 Å². The number of rotatable bonds is 4. The van der Waals surface area contributed by atoms with Crippen molar-refractivity contribution in [2.45, 2.75) is 18.7 Å². The van der Waals surface area contributed by atoms with Gasteiger partial charge in [-0.3, -0.25) is 0 Å². The lowest BCUT2D eigenvalue weighted by molar-refractivity contribution is 1.30. The van der Waals surface area contributed by atoms with Gasteiger partial charge in [0.15, 0.2) is 0 Å². The molecule has 0 aromatic heterocycles. The van der Waals surface area contributed by atoms with Crippen molar-refractivity contribution in [1.29, 1.82) is 0 Å². The lowest BCUT2D eigenvalue weighted by atomic mass is 9.78. The molecule has 0 amide bonds. The predicted molar refractivity (Wildman–Crippen MR) is 187 cm³/mol. The number of hydrogen-bond donors (Lipinski definition) is 1. The highest BCUT2D eigenvalue weighted by atomic mass is 32.1. The highest BCUT2D eigenvalue weighted by molar-refractivity contribution is 7.80. The van der Waals surface area contributed by atoms with E-state index < -0.39 is 0 Å². The van der Waals surface area contributed by atoms with Crippen molar-refractivity contribution >= 4 is 64.3 Å². The van der Waals surface area contributed by atoms with Gasteiger partial charge in [-0.1, -0.05) is 133 Å². The number of hydrogen-bond acceptors (Lipinski definition) is 1. The van der Waals surface area contributed by atoms with Gasteiger partial charge in [0.2, 0.25) is 0 Å². The minimum Gasteiger partial charge on any atom is -0.143 e. The summed E-state index contributed by atoms with van der Waals surface area (Å²) in [6, 6.07) is 41.5. The second-order valence-electron chi connectivity index (χ2n) is 10.9. The van der Waals surface area contributed by atoms with Gasteiger partial charge in [-0.2, -0.15) is 0 Å². The molecule has 0 aliphatic carbocycles. The minimum atomic E-state index is 0.772. The first-order valence-electron chi connectivity index (χ1n) is 14.3. The van der Waals surface area contributed by atoms with E-state index in [1.54, 1.807) is 0 Å². The molecule has 198 valence electrons. The average Bonchev–Trinajstić information content (AvgIpc) is 3.04. The fraction of sp³-hybridized carbons (Fsp3) is 0.0500. The molecular formula is C40H29BS. The number of thiol groups is 1. The molecule has 0 aliphatic heterocycles. The molecule has 2 radical (unpaired) electrons. The largest absolute Gasteiger partial charge is 0.143 e. The summed E-state index contributed by atoms with van der Waals surface area (Å²) in [5.74, 6) is 0. The van der Waals surface area contributed by atoms with Crippen LogP contribution in [-0.4, -0.2) is 7.85 Å². The van der Waals surface area contributed by atoms with E-state index in [0.29, 0.717) is 0 Å². The highest BCUT2D eigenvalue weighted by Gasteiger charge is 2.23. The summed E-state index contributed by atoms with van der Waals surface area (Å²) < 4.78 is 0. The minimum absolute atomic E-state index is 0.772. The highest BCUT2D eigenvalue weighted by Crippen LogP contribution is 2.48. The van der Waals surface area contributed by atoms with Crippen molar-refractivity contribution in [3.05, 3.63) is 139 Å². The zero-order valence-electron chi connectivity index (χ0n) is 23.8. The van der Waals surface area contributed by atoms with Crippen molar-refractivity contribution in [2.24, 2.45) is 0 Å². The summed E-state index contributed by atoms with van der Waals surface area (Å²) in [7, 11) is 6.54. The van der Waals surface area contributed by atoms with Crippen molar-refractivity contribution in [2.75, 3.05) is 0 Å². The lowest BCUT2D eigenvalue weighted by Crippen LogP contribution is -2.15. The van der Waals surface area contributed by atoms with Crippen molar-refractivity contribution in [3.8, 4) is 33.4 Å². The molecular weight excluding hydrogens is 523 g/mol. The van der Waals surface area contributed by atoms with Gasteiger partial charge in [0.1, 0.15) is 7.85 Å². The van der Waals surface area contributed by atoms with Gasteiger partial charge in [-0.05, 0) is 90.7 Å². The molecule has 7 rings (SSSR count). The van der Waals surface area contributed by atoms with Crippen LogP contribution in [0.25, 0.3) is 71.8 Å². The lowest BCUT2D eigenvalue weighted by Gasteiger charge is -2.24. The molecule has 2 heteroatoms. The fourth-order valence-corrected chi connectivity index (χ4v) is 6.99. The van der Waals surface area contributed by atoms with E-state index in [9.17, 15) is 0 Å². The molecule has 7 aromatic rings. The summed E-state index contributed by atoms with van der Waals surface area (Å²) in [5.41, 5.74) is 11.0. The summed E-state index contributed by atoms with van der Waals surface area (Å²) in [6.07, 6.45) is 1.92. The van der Waals surface area contributed by atoms with Gasteiger partial charge in [-0.15, -0.1) is 12.6 Å². The molecule has 0 fully saturated rings. The number of fused-ring (bicyclic) bond motifs is 3. The smallest absolute Gasteiger partial charge is 0.114 e. The van der Waals surface area contributed by atoms with E-state index in [-0.39, 0.29) is 0 Å². The normalized spacial score (nSPS) is 11.4. The monoisotopic (exact) mass is 552 g/mol. The van der Waals surface area contributed by atoms with Crippen molar-refractivity contribution in [1.82, 2.24) is 0 Å². The molecule has 0 heterocycles. The van der Waals surface area contributed by atoms with Gasteiger partial charge in [0.25, 0.3) is 0 Å². The van der Waals surface area contributed by atoms with Crippen LogP contribution in [0.2, 0.25) is 0 Å². The third-order valence-electron chi connectivity index (χ3n) is 8.74. The molecule has 0 aliphatic rings. The molecule has 42 heavy (non-hydrogen) atoms. The van der Waals surface area contributed by atoms with Crippen LogP contribution in [-0.2, 0) is 0 Å². The van der Waals surface area contributed by atoms with Crippen molar-refractivity contribution in [3.63, 3.8) is 0 Å². The Balaban J connectivity index is 1.65. The first-order chi connectivity index (χ1) is 20.5. The SMILES string of the molecule is [B]c1c(C)c(S)c(-c2c3ccccc3c(-c3ccc(-c4ccccc4)c4ccccc34)c3ccccc23)c(C=C)c1C. The first kappa shape index (κ1) is 26.4. The first-order valence-corrected chi connectivity index (χ1v) is 14.7. The summed E-state index contributed by atoms with van der Waals surface area (Å²) in [4.78, 5) is 0.897. The predicted octanol–water partition coefficient (Wildman–Crippen LogP) is 10.5. The van der Waals surface area contributed by atoms with E-state index in [4.69, 9.17) is 20.5 Å². The topological polar surface area (TPSA) is 0 Å². The summed E-state index contributed by atoms with van der Waals surface area (Å²) >= 11 is 5.08. The average molecular weight is 553 g/mol. The zero-order valence-corrected chi connectivity index (χ0v) is 24.7. The van der Waals surface area contributed by atoms with Gasteiger partial charge < -0.3 is 0 Å². The Morgan fingerprint density at radius 1 is 0.524 bits per heavy atom. The van der Waals surface area contributed by atoms with Crippen LogP contribution in [0, 0.1) is 13.8 Å². The Kier molecular flexibility index (Phi) is 6.52. The second kappa shape index (κ2) is 10.4. The van der Waals surface area contributed by atoms with Crippen LogP contribution in [0.4, 0.5) is 0 Å². The molecule has 0 nitrogen and oxygen atoms in total. The molecule has 0 spiro atoms. The number of benzene rings is 7. The molecule has 0 atom stereocenters. The Hall–Kier alpha value is -4.53. The second-order valence-corrected chi connectivity index (χ2v) is 11.4. The maximum absolute atomic E-state index is 6.54. The zero-order chi connectivity index (χ0) is 29.0. The quantitative estimate of drug-likeness (QED) is 0.125. The van der Waals surface area contributed by atoms with Crippen LogP contribution in [0.1, 0.15) is 16.7 Å². The molecule has 7 aromatic carbocycles. The Morgan fingerprint density at radius 2 is 0.976 bits per heavy atom. The fourth-order valence-electron chi connectivity index (χ4n) is 6.64. The van der Waals surface area contributed by atoms with Crippen LogP contribution in [0.5, 0.6) is 0 Å². The van der Waals surface area contributed by atoms with Gasteiger partial charge in [-0.25, -0.2) is 0 Å². The Labute approximate surface area is 254 Å². The van der Waals surface area contributed by atoms with Crippen LogP contribution >= 0.6 is 12.6 Å².